The van der Waals surface area contributed by atoms with E-state index in [1.54, 1.807) is 26.0 Å². The highest BCUT2D eigenvalue weighted by molar-refractivity contribution is 6.36. The maximum atomic E-state index is 13.8. The predicted octanol–water partition coefficient (Wildman–Crippen LogP) is 4.78. The number of hydrogen-bond donors (Lipinski definition) is 1. The molecule has 198 valence electrons. The molecule has 1 fully saturated rings. The van der Waals surface area contributed by atoms with E-state index in [1.165, 1.54) is 12.1 Å². The fourth-order valence-corrected chi connectivity index (χ4v) is 7.29. The van der Waals surface area contributed by atoms with E-state index in [2.05, 4.69) is 5.32 Å². The summed E-state index contributed by atoms with van der Waals surface area (Å²) in [6.45, 7) is 3.02. The van der Waals surface area contributed by atoms with Gasteiger partial charge in [0, 0.05) is 5.69 Å². The van der Waals surface area contributed by atoms with Crippen LogP contribution in [0.5, 0.6) is 0 Å². The number of hydrogen-bond acceptors (Lipinski definition) is 5. The van der Waals surface area contributed by atoms with Crippen molar-refractivity contribution in [2.75, 3.05) is 11.9 Å². The maximum Gasteiger partial charge on any atom is 0.338 e. The molecule has 7 nitrogen and oxygen atoms in total. The highest BCUT2D eigenvalue weighted by Crippen LogP contribution is 2.69. The first-order valence-electron chi connectivity index (χ1n) is 12.6. The molecular formula is C30H24Cl2N2O5. The summed E-state index contributed by atoms with van der Waals surface area (Å²) < 4.78 is 5.17. The number of carbonyl (C=O) groups is 4. The lowest BCUT2D eigenvalue weighted by Gasteiger charge is -2.54. The largest absolute Gasteiger partial charge is 0.459 e. The number of ether oxygens (including phenoxy) is 1. The third-order valence-corrected chi connectivity index (χ3v) is 9.01. The van der Waals surface area contributed by atoms with Gasteiger partial charge >= 0.3 is 5.97 Å². The number of alkyl halides is 2. The fraction of sp³-hybridized carbons (Fsp3) is 0.267. The average Bonchev–Trinajstić information content (AvgIpc) is 3.17. The van der Waals surface area contributed by atoms with Crippen LogP contribution >= 0.6 is 23.2 Å². The summed E-state index contributed by atoms with van der Waals surface area (Å²) in [6.07, 6.45) is -0.258. The minimum atomic E-state index is -1.30. The number of anilines is 1. The summed E-state index contributed by atoms with van der Waals surface area (Å²) in [7, 11) is 0. The Hall–Kier alpha value is -3.68. The van der Waals surface area contributed by atoms with E-state index in [0.717, 1.165) is 4.90 Å². The second kappa shape index (κ2) is 8.93. The molecule has 3 amide bonds. The topological polar surface area (TPSA) is 92.8 Å². The van der Waals surface area contributed by atoms with Crippen LogP contribution in [0.25, 0.3) is 0 Å². The van der Waals surface area contributed by atoms with Crippen LogP contribution < -0.4 is 5.32 Å². The van der Waals surface area contributed by atoms with Crippen molar-refractivity contribution in [2.45, 2.75) is 29.7 Å². The highest BCUT2D eigenvalue weighted by Gasteiger charge is 2.73. The van der Waals surface area contributed by atoms with Gasteiger partial charge in [-0.1, -0.05) is 48.5 Å². The Bertz CT molecular complexity index is 1430. The molecule has 1 heterocycles. The smallest absolute Gasteiger partial charge is 0.338 e. The first-order chi connectivity index (χ1) is 18.6. The van der Waals surface area contributed by atoms with Gasteiger partial charge in [-0.15, -0.1) is 23.2 Å². The maximum absolute atomic E-state index is 13.8. The van der Waals surface area contributed by atoms with Crippen molar-refractivity contribution in [2.24, 2.45) is 11.8 Å². The number of benzene rings is 3. The molecule has 2 bridgehead atoms. The molecular weight excluding hydrogens is 539 g/mol. The number of nitrogens with zero attached hydrogens (tertiary/aromatic N) is 1. The fourth-order valence-electron chi connectivity index (χ4n) is 6.20. The summed E-state index contributed by atoms with van der Waals surface area (Å²) in [6, 6.07) is 20.9. The van der Waals surface area contributed by atoms with Crippen LogP contribution in [-0.2, 0) is 28.9 Å². The van der Waals surface area contributed by atoms with Crippen LogP contribution in [0.3, 0.4) is 0 Å². The summed E-state index contributed by atoms with van der Waals surface area (Å²) in [5.41, 5.74) is 3.54. The van der Waals surface area contributed by atoms with Crippen molar-refractivity contribution < 1.29 is 23.9 Å². The summed E-state index contributed by atoms with van der Waals surface area (Å²) in [5.74, 6) is -4.03. The zero-order valence-corrected chi connectivity index (χ0v) is 22.6. The number of imide groups is 1. The van der Waals surface area contributed by atoms with Crippen molar-refractivity contribution in [3.05, 3.63) is 101 Å². The van der Waals surface area contributed by atoms with Crippen LogP contribution in [0.2, 0.25) is 0 Å². The van der Waals surface area contributed by atoms with E-state index in [0.29, 0.717) is 33.5 Å². The third kappa shape index (κ3) is 3.56. The molecule has 0 spiro atoms. The van der Waals surface area contributed by atoms with Crippen LogP contribution in [0.15, 0.2) is 72.8 Å². The standard InChI is InChI=1S/C30H24Cl2N2O5/c1-16(2)39-28(38)17-11-13-18(14-12-17)33-23(35)15-34-26(36)24-25(27(34)37)30(32)20-8-4-3-7-19(20)29(24,31)21-9-5-6-10-22(21)30/h3-14,16,24-25H,15H2,1-2H3,(H,33,35)/t24-,25+,29?,30?. The van der Waals surface area contributed by atoms with E-state index in [-0.39, 0.29) is 6.10 Å². The van der Waals surface area contributed by atoms with Crippen molar-refractivity contribution >= 4 is 52.6 Å². The monoisotopic (exact) mass is 562 g/mol. The van der Waals surface area contributed by atoms with Crippen molar-refractivity contribution in [3.63, 3.8) is 0 Å². The molecule has 0 saturated carbocycles. The molecule has 9 heteroatoms. The third-order valence-electron chi connectivity index (χ3n) is 7.73. The zero-order chi connectivity index (χ0) is 27.7. The summed E-state index contributed by atoms with van der Waals surface area (Å²) in [5, 5.41) is 2.69. The molecule has 0 unspecified atom stereocenters. The van der Waals surface area contributed by atoms with Crippen molar-refractivity contribution in [3.8, 4) is 0 Å². The molecule has 0 radical (unpaired) electrons. The van der Waals surface area contributed by atoms with Gasteiger partial charge < -0.3 is 10.1 Å². The quantitative estimate of drug-likeness (QED) is 0.274. The normalized spacial score (nSPS) is 26.2. The van der Waals surface area contributed by atoms with Gasteiger partial charge in [0.25, 0.3) is 0 Å². The first-order valence-corrected chi connectivity index (χ1v) is 13.4. The molecule has 7 rings (SSSR count). The molecule has 2 atom stereocenters. The number of esters is 1. The SMILES string of the molecule is CC(C)OC(=O)c1ccc(NC(=O)CN2C(=O)[C@@H]3[C@H](C2=O)C2(Cl)c4ccccc4C3(Cl)c3ccccc32)cc1. The number of amides is 3. The molecule has 0 aromatic heterocycles. The van der Waals surface area contributed by atoms with Gasteiger partial charge in [-0.3, -0.25) is 19.3 Å². The Morgan fingerprint density at radius 3 is 1.67 bits per heavy atom. The Morgan fingerprint density at radius 1 is 0.821 bits per heavy atom. The Balaban J connectivity index is 1.29. The minimum absolute atomic E-state index is 0.258. The van der Waals surface area contributed by atoms with E-state index in [4.69, 9.17) is 27.9 Å². The van der Waals surface area contributed by atoms with Crippen molar-refractivity contribution in [1.82, 2.24) is 4.90 Å². The number of halogens is 2. The molecule has 4 aliphatic rings. The minimum Gasteiger partial charge on any atom is -0.459 e. The van der Waals surface area contributed by atoms with Crippen molar-refractivity contribution in [1.29, 1.82) is 0 Å². The van der Waals surface area contributed by atoms with Crippen LogP contribution in [0, 0.1) is 11.8 Å². The highest BCUT2D eigenvalue weighted by atomic mass is 35.5. The number of nitrogens with one attached hydrogen (secondary N) is 1. The van der Waals surface area contributed by atoms with Gasteiger partial charge in [0.2, 0.25) is 17.7 Å². The molecule has 1 aliphatic heterocycles. The Kier molecular flexibility index (Phi) is 5.86. The van der Waals surface area contributed by atoms with Crippen LogP contribution in [0.1, 0.15) is 46.5 Å². The zero-order valence-electron chi connectivity index (χ0n) is 21.1. The van der Waals surface area contributed by atoms with Gasteiger partial charge in [-0.05, 0) is 60.4 Å². The molecule has 39 heavy (non-hydrogen) atoms. The second-order valence-corrected chi connectivity index (χ2v) is 11.5. The molecule has 1 N–H and O–H groups in total. The van der Waals surface area contributed by atoms with Crippen LogP contribution in [-0.4, -0.2) is 41.2 Å². The number of carbonyl (C=O) groups excluding carboxylic acids is 4. The molecule has 1 saturated heterocycles. The summed E-state index contributed by atoms with van der Waals surface area (Å²) in [4.78, 5) is 51.1. The molecule has 3 aromatic rings. The van der Waals surface area contributed by atoms with Gasteiger partial charge in [-0.2, -0.15) is 0 Å². The predicted molar refractivity (Wildman–Crippen MR) is 145 cm³/mol. The van der Waals surface area contributed by atoms with Gasteiger partial charge in [0.05, 0.1) is 23.5 Å². The van der Waals surface area contributed by atoms with E-state index in [1.807, 2.05) is 48.5 Å². The lowest BCUT2D eigenvalue weighted by Crippen LogP contribution is -2.57. The lowest BCUT2D eigenvalue weighted by atomic mass is 9.54. The van der Waals surface area contributed by atoms with Gasteiger partial charge in [0.15, 0.2) is 0 Å². The first kappa shape index (κ1) is 25.6. The number of likely N-dealkylation sites (tertiary alicyclic amines) is 1. The van der Waals surface area contributed by atoms with Gasteiger partial charge in [-0.25, -0.2) is 4.79 Å². The van der Waals surface area contributed by atoms with E-state index in [9.17, 15) is 19.2 Å². The average molecular weight is 563 g/mol. The Morgan fingerprint density at radius 2 is 1.26 bits per heavy atom. The van der Waals surface area contributed by atoms with E-state index >= 15 is 0 Å². The van der Waals surface area contributed by atoms with Gasteiger partial charge in [0.1, 0.15) is 16.3 Å². The molecule has 3 aromatic carbocycles. The summed E-state index contributed by atoms with van der Waals surface area (Å²) >= 11 is 14.8. The Labute approximate surface area is 235 Å². The second-order valence-electron chi connectivity index (χ2n) is 10.3. The lowest BCUT2D eigenvalue weighted by molar-refractivity contribution is -0.142. The van der Waals surface area contributed by atoms with Crippen LogP contribution in [0.4, 0.5) is 5.69 Å². The number of rotatable bonds is 5. The van der Waals surface area contributed by atoms with E-state index < -0.39 is 51.8 Å². The molecule has 3 aliphatic carbocycles.